The third-order valence-electron chi connectivity index (χ3n) is 5.72. The molecule has 0 N–H and O–H groups in total. The van der Waals surface area contributed by atoms with Crippen molar-refractivity contribution in [3.63, 3.8) is 0 Å². The van der Waals surface area contributed by atoms with Gasteiger partial charge in [0.05, 0.1) is 23.4 Å². The number of rotatable bonds is 6. The molecule has 0 amide bonds. The molecule has 5 nitrogen and oxygen atoms in total. The largest absolute Gasteiger partial charge is 0.462 e. The van der Waals surface area contributed by atoms with Gasteiger partial charge in [0.1, 0.15) is 0 Å². The van der Waals surface area contributed by atoms with E-state index in [0.29, 0.717) is 28.7 Å². The average molecular weight is 434 g/mol. The number of nitrogens with zero attached hydrogens (tertiary/aromatic N) is 2. The van der Waals surface area contributed by atoms with Crippen LogP contribution in [0.4, 0.5) is 0 Å². The van der Waals surface area contributed by atoms with E-state index >= 15 is 0 Å². The Bertz CT molecular complexity index is 1490. The van der Waals surface area contributed by atoms with Gasteiger partial charge in [0, 0.05) is 34.6 Å². The lowest BCUT2D eigenvalue weighted by Crippen LogP contribution is -2.17. The summed E-state index contributed by atoms with van der Waals surface area (Å²) in [5, 5.41) is 1.59. The highest BCUT2D eigenvalue weighted by Crippen LogP contribution is 2.28. The maximum absolute atomic E-state index is 14.1. The van der Waals surface area contributed by atoms with Crippen LogP contribution in [0.5, 0.6) is 0 Å². The molecule has 5 aromatic rings. The van der Waals surface area contributed by atoms with Crippen LogP contribution in [0.3, 0.4) is 0 Å². The summed E-state index contributed by atoms with van der Waals surface area (Å²) in [4.78, 5) is 31.3. The van der Waals surface area contributed by atoms with Crippen LogP contribution in [0.1, 0.15) is 38.9 Å². The highest BCUT2D eigenvalue weighted by molar-refractivity contribution is 6.21. The van der Waals surface area contributed by atoms with Crippen LogP contribution in [0.25, 0.3) is 21.8 Å². The first-order chi connectivity index (χ1) is 16.2. The van der Waals surface area contributed by atoms with Crippen LogP contribution in [0, 0.1) is 0 Å². The number of esters is 1. The number of hydrogen-bond donors (Lipinski definition) is 0. The van der Waals surface area contributed by atoms with E-state index in [1.807, 2.05) is 89.5 Å². The topological polar surface area (TPSA) is 61.2 Å². The first-order valence-electron chi connectivity index (χ1n) is 10.9. The van der Waals surface area contributed by atoms with E-state index in [1.54, 1.807) is 6.92 Å². The van der Waals surface area contributed by atoms with Gasteiger partial charge < -0.3 is 9.30 Å². The molecule has 2 heterocycles. The summed E-state index contributed by atoms with van der Waals surface area (Å²) in [6, 6.07) is 27.2. The number of carbonyl (C=O) groups is 2. The van der Waals surface area contributed by atoms with Gasteiger partial charge in [-0.3, -0.25) is 9.78 Å². The standard InChI is InChI=1S/C28H22N2O3/c1-2-33-28(32)22-17-29-23-14-8-7-13-21(23)26(22)27(31)25-16-20-12-6-9-15-24(20)30(25)18-19-10-4-3-5-11-19/h3-17H,2,18H2,1H3. The molecule has 0 radical (unpaired) electrons. The Morgan fingerprint density at radius 2 is 1.64 bits per heavy atom. The summed E-state index contributed by atoms with van der Waals surface area (Å²) in [5.41, 5.74) is 3.70. The number of carbonyl (C=O) groups excluding carboxylic acids is 2. The molecule has 0 aliphatic carbocycles. The molecule has 0 saturated carbocycles. The molecule has 5 heteroatoms. The van der Waals surface area contributed by atoms with Gasteiger partial charge in [0.25, 0.3) is 0 Å². The van der Waals surface area contributed by atoms with Gasteiger partial charge in [-0.2, -0.15) is 0 Å². The van der Waals surface area contributed by atoms with Crippen molar-refractivity contribution in [2.75, 3.05) is 6.61 Å². The van der Waals surface area contributed by atoms with Gasteiger partial charge in [0.15, 0.2) is 0 Å². The summed E-state index contributed by atoms with van der Waals surface area (Å²) in [6.07, 6.45) is 1.44. The summed E-state index contributed by atoms with van der Waals surface area (Å²) in [6.45, 7) is 2.49. The molecule has 0 spiro atoms. The van der Waals surface area contributed by atoms with Crippen molar-refractivity contribution in [1.82, 2.24) is 9.55 Å². The van der Waals surface area contributed by atoms with Gasteiger partial charge in [-0.15, -0.1) is 0 Å². The second-order valence-electron chi connectivity index (χ2n) is 7.77. The smallest absolute Gasteiger partial charge is 0.340 e. The van der Waals surface area contributed by atoms with Crippen molar-refractivity contribution in [3.05, 3.63) is 114 Å². The maximum atomic E-state index is 14.1. The molecule has 2 aromatic heterocycles. The average Bonchev–Trinajstić information content (AvgIpc) is 3.22. The number of fused-ring (bicyclic) bond motifs is 2. The first kappa shape index (κ1) is 20.6. The maximum Gasteiger partial charge on any atom is 0.340 e. The second kappa shape index (κ2) is 8.71. The lowest BCUT2D eigenvalue weighted by Gasteiger charge is -2.14. The lowest BCUT2D eigenvalue weighted by molar-refractivity contribution is 0.0523. The Labute approximate surface area is 191 Å². The predicted molar refractivity (Wildman–Crippen MR) is 129 cm³/mol. The van der Waals surface area contributed by atoms with Crippen LogP contribution < -0.4 is 0 Å². The first-order valence-corrected chi connectivity index (χ1v) is 10.9. The van der Waals surface area contributed by atoms with Crippen molar-refractivity contribution in [1.29, 1.82) is 0 Å². The summed E-state index contributed by atoms with van der Waals surface area (Å²) < 4.78 is 7.26. The van der Waals surface area contributed by atoms with Crippen LogP contribution >= 0.6 is 0 Å². The molecule has 0 bridgehead atoms. The Morgan fingerprint density at radius 3 is 2.45 bits per heavy atom. The van der Waals surface area contributed by atoms with Crippen molar-refractivity contribution >= 4 is 33.6 Å². The highest BCUT2D eigenvalue weighted by Gasteiger charge is 2.26. The molecule has 33 heavy (non-hydrogen) atoms. The third kappa shape index (κ3) is 3.78. The van der Waals surface area contributed by atoms with Gasteiger partial charge in [-0.25, -0.2) is 4.79 Å². The van der Waals surface area contributed by atoms with E-state index in [4.69, 9.17) is 4.74 Å². The quantitative estimate of drug-likeness (QED) is 0.256. The lowest BCUT2D eigenvalue weighted by atomic mass is 9.97. The molecule has 0 saturated heterocycles. The fraction of sp³-hybridized carbons (Fsp3) is 0.107. The number of ketones is 1. The van der Waals surface area contributed by atoms with Crippen molar-refractivity contribution in [3.8, 4) is 0 Å². The molecule has 0 fully saturated rings. The summed E-state index contributed by atoms with van der Waals surface area (Å²) in [5.74, 6) is -0.784. The Balaban J connectivity index is 1.74. The number of benzene rings is 3. The molecule has 5 rings (SSSR count). The zero-order valence-electron chi connectivity index (χ0n) is 18.2. The number of aromatic nitrogens is 2. The molecule has 0 aliphatic heterocycles. The minimum atomic E-state index is -0.551. The Morgan fingerprint density at radius 1 is 0.909 bits per heavy atom. The molecule has 0 aliphatic rings. The van der Waals surface area contributed by atoms with Crippen LogP contribution in [0.15, 0.2) is 91.1 Å². The van der Waals surface area contributed by atoms with Gasteiger partial charge in [-0.1, -0.05) is 66.7 Å². The van der Waals surface area contributed by atoms with Crippen molar-refractivity contribution < 1.29 is 14.3 Å². The zero-order chi connectivity index (χ0) is 22.8. The van der Waals surface area contributed by atoms with E-state index in [9.17, 15) is 9.59 Å². The van der Waals surface area contributed by atoms with Gasteiger partial charge in [-0.05, 0) is 30.7 Å². The van der Waals surface area contributed by atoms with E-state index in [-0.39, 0.29) is 18.0 Å². The molecular formula is C28H22N2O3. The van der Waals surface area contributed by atoms with Crippen LogP contribution in [-0.4, -0.2) is 27.9 Å². The summed E-state index contributed by atoms with van der Waals surface area (Å²) >= 11 is 0. The Hall–Kier alpha value is -4.25. The number of hydrogen-bond acceptors (Lipinski definition) is 4. The minimum Gasteiger partial charge on any atom is -0.462 e. The molecule has 0 atom stereocenters. The molecular weight excluding hydrogens is 412 g/mol. The normalized spacial score (nSPS) is 11.1. The van der Waals surface area contributed by atoms with E-state index in [1.165, 1.54) is 6.20 Å². The molecule has 162 valence electrons. The Kier molecular flexibility index (Phi) is 5.45. The third-order valence-corrected chi connectivity index (χ3v) is 5.72. The number of pyridine rings is 1. The fourth-order valence-corrected chi connectivity index (χ4v) is 4.21. The van der Waals surface area contributed by atoms with Gasteiger partial charge in [0.2, 0.25) is 5.78 Å². The number of para-hydroxylation sites is 2. The molecule has 3 aromatic carbocycles. The van der Waals surface area contributed by atoms with E-state index in [2.05, 4.69) is 4.98 Å². The number of ether oxygens (including phenoxy) is 1. The van der Waals surface area contributed by atoms with Gasteiger partial charge >= 0.3 is 5.97 Å². The highest BCUT2D eigenvalue weighted by atomic mass is 16.5. The molecule has 0 unspecified atom stereocenters. The van der Waals surface area contributed by atoms with Crippen molar-refractivity contribution in [2.24, 2.45) is 0 Å². The summed E-state index contributed by atoms with van der Waals surface area (Å²) in [7, 11) is 0. The van der Waals surface area contributed by atoms with E-state index in [0.717, 1.165) is 16.5 Å². The SMILES string of the molecule is CCOC(=O)c1cnc2ccccc2c1C(=O)c1cc2ccccc2n1Cc1ccccc1. The predicted octanol–water partition coefficient (Wildman–Crippen LogP) is 5.65. The monoisotopic (exact) mass is 434 g/mol. The van der Waals surface area contributed by atoms with E-state index < -0.39 is 5.97 Å². The zero-order valence-corrected chi connectivity index (χ0v) is 18.2. The second-order valence-corrected chi connectivity index (χ2v) is 7.77. The van der Waals surface area contributed by atoms with Crippen molar-refractivity contribution in [2.45, 2.75) is 13.5 Å². The minimum absolute atomic E-state index is 0.178. The van der Waals surface area contributed by atoms with Crippen LogP contribution in [-0.2, 0) is 11.3 Å². The fourth-order valence-electron chi connectivity index (χ4n) is 4.21. The van der Waals surface area contributed by atoms with Crippen LogP contribution in [0.2, 0.25) is 0 Å².